The normalized spacial score (nSPS) is 15.9. The van der Waals surface area contributed by atoms with E-state index < -0.39 is 12.0 Å². The maximum Gasteiger partial charge on any atom is 0.326 e. The number of hydrogen-bond acceptors (Lipinski definition) is 3. The molecule has 1 aliphatic rings. The number of nitrogens with zero attached hydrogens (tertiary/aromatic N) is 2. The van der Waals surface area contributed by atoms with Crippen molar-refractivity contribution in [2.24, 2.45) is 13.0 Å². The molecule has 1 aromatic carbocycles. The largest absolute Gasteiger partial charge is 0.480 e. The van der Waals surface area contributed by atoms with Gasteiger partial charge in [0.2, 0.25) is 0 Å². The molecule has 0 bridgehead atoms. The molecule has 1 amide bonds. The number of fused-ring (bicyclic) bond motifs is 1. The summed E-state index contributed by atoms with van der Waals surface area (Å²) in [5, 5.41) is 11.8. The van der Waals surface area contributed by atoms with Gasteiger partial charge in [0.25, 0.3) is 5.91 Å². The number of aliphatic carboxylic acids is 1. The summed E-state index contributed by atoms with van der Waals surface area (Å²) in [4.78, 5) is 27.6. The predicted molar refractivity (Wildman–Crippen MR) is 76.9 cm³/mol. The number of carbonyl (C=O) groups excluding carboxylic acids is 1. The Hall–Kier alpha value is -2.37. The Kier molecular flexibility index (Phi) is 3.37. The molecule has 1 atom stereocenters. The van der Waals surface area contributed by atoms with Gasteiger partial charge in [0.1, 0.15) is 6.04 Å². The van der Waals surface area contributed by atoms with Gasteiger partial charge in [-0.05, 0) is 30.5 Å². The summed E-state index contributed by atoms with van der Waals surface area (Å²) in [5.74, 6) is -0.908. The molecule has 1 unspecified atom stereocenters. The van der Waals surface area contributed by atoms with E-state index in [4.69, 9.17) is 0 Å². The van der Waals surface area contributed by atoms with E-state index in [-0.39, 0.29) is 5.91 Å². The Morgan fingerprint density at radius 3 is 2.90 bits per heavy atom. The third kappa shape index (κ3) is 2.89. The summed E-state index contributed by atoms with van der Waals surface area (Å²) in [6.07, 6.45) is 4.30. The molecule has 3 rings (SSSR count). The minimum atomic E-state index is -0.978. The second kappa shape index (κ2) is 5.20. The van der Waals surface area contributed by atoms with Gasteiger partial charge in [-0.2, -0.15) is 0 Å². The van der Waals surface area contributed by atoms with Crippen LogP contribution in [0.2, 0.25) is 0 Å². The van der Waals surface area contributed by atoms with E-state index in [0.29, 0.717) is 17.9 Å². The van der Waals surface area contributed by atoms with Gasteiger partial charge in [0.15, 0.2) is 0 Å². The number of imidazole rings is 1. The number of carbonyl (C=O) groups is 2. The van der Waals surface area contributed by atoms with Gasteiger partial charge in [-0.25, -0.2) is 9.78 Å². The highest BCUT2D eigenvalue weighted by atomic mass is 16.4. The molecule has 2 aromatic rings. The molecule has 0 radical (unpaired) electrons. The van der Waals surface area contributed by atoms with Crippen molar-refractivity contribution in [3.8, 4) is 0 Å². The van der Waals surface area contributed by atoms with Crippen molar-refractivity contribution in [3.63, 3.8) is 0 Å². The topological polar surface area (TPSA) is 84.2 Å². The number of carboxylic acid groups (broad SMARTS) is 1. The fourth-order valence-corrected chi connectivity index (χ4v) is 2.43. The van der Waals surface area contributed by atoms with Crippen LogP contribution >= 0.6 is 0 Å². The molecule has 1 aromatic heterocycles. The molecule has 1 fully saturated rings. The number of hydrogen-bond donors (Lipinski definition) is 2. The number of benzene rings is 1. The standard InChI is InChI=1S/C15H17N3O3/c1-18-8-16-11-7-10(4-5-13(11)18)14(19)17-12(15(20)21)6-9-2-3-9/h4-5,7-9,12H,2-3,6H2,1H3,(H,17,19)(H,20,21). The number of aromatic nitrogens is 2. The zero-order valence-electron chi connectivity index (χ0n) is 11.7. The van der Waals surface area contributed by atoms with Crippen LogP contribution in [-0.4, -0.2) is 32.6 Å². The first-order valence-corrected chi connectivity index (χ1v) is 6.99. The number of aryl methyl sites for hydroxylation is 1. The number of carboxylic acids is 1. The third-order valence-corrected chi connectivity index (χ3v) is 3.86. The van der Waals surface area contributed by atoms with Gasteiger partial charge in [-0.15, -0.1) is 0 Å². The van der Waals surface area contributed by atoms with Gasteiger partial charge in [0.05, 0.1) is 17.4 Å². The second-order valence-corrected chi connectivity index (χ2v) is 5.60. The van der Waals surface area contributed by atoms with Crippen molar-refractivity contribution in [1.82, 2.24) is 14.9 Å². The maximum atomic E-state index is 12.2. The van der Waals surface area contributed by atoms with Crippen molar-refractivity contribution in [2.45, 2.75) is 25.3 Å². The van der Waals surface area contributed by atoms with Crippen LogP contribution in [-0.2, 0) is 11.8 Å². The highest BCUT2D eigenvalue weighted by molar-refractivity contribution is 5.99. The summed E-state index contributed by atoms with van der Waals surface area (Å²) in [7, 11) is 1.88. The first-order chi connectivity index (χ1) is 10.0. The van der Waals surface area contributed by atoms with Crippen LogP contribution in [0.3, 0.4) is 0 Å². The molecule has 0 saturated heterocycles. The summed E-state index contributed by atoms with van der Waals surface area (Å²) in [6, 6.07) is 4.37. The highest BCUT2D eigenvalue weighted by Gasteiger charge is 2.30. The van der Waals surface area contributed by atoms with E-state index in [1.54, 1.807) is 18.5 Å². The SMILES string of the molecule is Cn1cnc2cc(C(=O)NC(CC3CC3)C(=O)O)ccc21. The molecule has 1 saturated carbocycles. The lowest BCUT2D eigenvalue weighted by molar-refractivity contribution is -0.139. The zero-order valence-corrected chi connectivity index (χ0v) is 11.7. The quantitative estimate of drug-likeness (QED) is 0.874. The van der Waals surface area contributed by atoms with Crippen LogP contribution in [0.25, 0.3) is 11.0 Å². The Morgan fingerprint density at radius 1 is 1.48 bits per heavy atom. The van der Waals surface area contributed by atoms with Crippen LogP contribution in [0.15, 0.2) is 24.5 Å². The monoisotopic (exact) mass is 287 g/mol. The predicted octanol–water partition coefficient (Wildman–Crippen LogP) is 1.56. The Balaban J connectivity index is 1.76. The van der Waals surface area contributed by atoms with Crippen LogP contribution < -0.4 is 5.32 Å². The van der Waals surface area contributed by atoms with E-state index in [1.807, 2.05) is 17.7 Å². The van der Waals surface area contributed by atoms with E-state index in [1.165, 1.54) is 0 Å². The Labute approximate surface area is 121 Å². The van der Waals surface area contributed by atoms with E-state index in [9.17, 15) is 14.7 Å². The maximum absolute atomic E-state index is 12.2. The van der Waals surface area contributed by atoms with Crippen molar-refractivity contribution in [1.29, 1.82) is 0 Å². The fraction of sp³-hybridized carbons (Fsp3) is 0.400. The number of rotatable bonds is 5. The molecule has 0 aliphatic heterocycles. The molecular formula is C15H17N3O3. The molecule has 0 spiro atoms. The number of amides is 1. The van der Waals surface area contributed by atoms with Crippen LogP contribution in [0.1, 0.15) is 29.6 Å². The van der Waals surface area contributed by atoms with Gasteiger partial charge in [-0.1, -0.05) is 12.8 Å². The first-order valence-electron chi connectivity index (χ1n) is 6.99. The third-order valence-electron chi connectivity index (χ3n) is 3.86. The highest BCUT2D eigenvalue weighted by Crippen LogP contribution is 2.33. The minimum absolute atomic E-state index is 0.365. The lowest BCUT2D eigenvalue weighted by Gasteiger charge is -2.14. The number of nitrogens with one attached hydrogen (secondary N) is 1. The van der Waals surface area contributed by atoms with Gasteiger partial charge >= 0.3 is 5.97 Å². The van der Waals surface area contributed by atoms with Gasteiger partial charge in [0, 0.05) is 12.6 Å². The zero-order chi connectivity index (χ0) is 15.0. The van der Waals surface area contributed by atoms with Crippen molar-refractivity contribution < 1.29 is 14.7 Å². The first kappa shape index (κ1) is 13.6. The van der Waals surface area contributed by atoms with Crippen molar-refractivity contribution in [3.05, 3.63) is 30.1 Å². The molecule has 110 valence electrons. The van der Waals surface area contributed by atoms with Gasteiger partial charge in [-0.3, -0.25) is 4.79 Å². The lowest BCUT2D eigenvalue weighted by Crippen LogP contribution is -2.41. The summed E-state index contributed by atoms with van der Waals surface area (Å²) in [5.41, 5.74) is 2.08. The summed E-state index contributed by atoms with van der Waals surface area (Å²) >= 11 is 0. The second-order valence-electron chi connectivity index (χ2n) is 5.60. The molecule has 1 heterocycles. The van der Waals surface area contributed by atoms with E-state index >= 15 is 0 Å². The van der Waals surface area contributed by atoms with E-state index in [0.717, 1.165) is 23.9 Å². The van der Waals surface area contributed by atoms with E-state index in [2.05, 4.69) is 10.3 Å². The average molecular weight is 287 g/mol. The van der Waals surface area contributed by atoms with Crippen molar-refractivity contribution in [2.75, 3.05) is 0 Å². The molecule has 2 N–H and O–H groups in total. The summed E-state index contributed by atoms with van der Waals surface area (Å²) < 4.78 is 1.87. The average Bonchev–Trinajstić information content (AvgIpc) is 3.20. The molecule has 6 heteroatoms. The summed E-state index contributed by atoms with van der Waals surface area (Å²) in [6.45, 7) is 0. The van der Waals surface area contributed by atoms with Crippen LogP contribution in [0.5, 0.6) is 0 Å². The smallest absolute Gasteiger partial charge is 0.326 e. The van der Waals surface area contributed by atoms with Crippen molar-refractivity contribution >= 4 is 22.9 Å². The minimum Gasteiger partial charge on any atom is -0.480 e. The Morgan fingerprint density at radius 2 is 2.24 bits per heavy atom. The van der Waals surface area contributed by atoms with Crippen LogP contribution in [0.4, 0.5) is 0 Å². The lowest BCUT2D eigenvalue weighted by atomic mass is 10.1. The molecule has 21 heavy (non-hydrogen) atoms. The molecule has 6 nitrogen and oxygen atoms in total. The molecular weight excluding hydrogens is 270 g/mol. The Bertz CT molecular complexity index is 703. The molecule has 1 aliphatic carbocycles. The van der Waals surface area contributed by atoms with Gasteiger partial charge < -0.3 is 15.0 Å². The van der Waals surface area contributed by atoms with Crippen LogP contribution in [0, 0.1) is 5.92 Å². The fourth-order valence-electron chi connectivity index (χ4n) is 2.43.